The predicted octanol–water partition coefficient (Wildman–Crippen LogP) is -1.57. The summed E-state index contributed by atoms with van der Waals surface area (Å²) in [4.78, 5) is 24.7. The first kappa shape index (κ1) is 12.3. The first-order valence-electron chi connectivity index (χ1n) is 6.09. The van der Waals surface area contributed by atoms with E-state index in [-0.39, 0.29) is 17.7 Å². The van der Waals surface area contributed by atoms with Crippen LogP contribution in [0, 0.1) is 5.92 Å². The van der Waals surface area contributed by atoms with Gasteiger partial charge in [-0.05, 0) is 19.3 Å². The van der Waals surface area contributed by atoms with E-state index in [1.54, 1.807) is 4.90 Å². The minimum Gasteiger partial charge on any atom is -0.382 e. The van der Waals surface area contributed by atoms with E-state index in [9.17, 15) is 14.7 Å². The molecule has 2 fully saturated rings. The van der Waals surface area contributed by atoms with E-state index in [0.717, 1.165) is 12.8 Å². The van der Waals surface area contributed by atoms with Crippen LogP contribution in [0.15, 0.2) is 0 Å². The maximum absolute atomic E-state index is 11.7. The number of rotatable bonds is 4. The van der Waals surface area contributed by atoms with E-state index in [2.05, 4.69) is 5.32 Å². The van der Waals surface area contributed by atoms with Crippen molar-refractivity contribution in [2.45, 2.75) is 31.4 Å². The fraction of sp³-hybridized carbons (Fsp3) is 0.818. The van der Waals surface area contributed by atoms with Crippen LogP contribution < -0.4 is 11.1 Å². The van der Waals surface area contributed by atoms with E-state index in [4.69, 9.17) is 5.73 Å². The van der Waals surface area contributed by atoms with Gasteiger partial charge in [-0.25, -0.2) is 0 Å². The van der Waals surface area contributed by atoms with E-state index in [1.165, 1.54) is 0 Å². The van der Waals surface area contributed by atoms with Gasteiger partial charge in [-0.15, -0.1) is 0 Å². The van der Waals surface area contributed by atoms with Crippen LogP contribution in [0.4, 0.5) is 0 Å². The minimum absolute atomic E-state index is 0.0240. The molecule has 2 aliphatic heterocycles. The van der Waals surface area contributed by atoms with Gasteiger partial charge in [0, 0.05) is 31.6 Å². The fourth-order valence-electron chi connectivity index (χ4n) is 2.23. The number of likely N-dealkylation sites (tertiary alicyclic amines) is 1. The largest absolute Gasteiger partial charge is 0.382 e. The van der Waals surface area contributed by atoms with Crippen molar-refractivity contribution >= 4 is 11.8 Å². The molecule has 6 nitrogen and oxygen atoms in total. The second kappa shape index (κ2) is 5.01. The van der Waals surface area contributed by atoms with Crippen LogP contribution >= 0.6 is 0 Å². The number of aliphatic hydroxyl groups is 1. The van der Waals surface area contributed by atoms with Crippen molar-refractivity contribution in [1.82, 2.24) is 10.2 Å². The molecule has 0 radical (unpaired) electrons. The van der Waals surface area contributed by atoms with Crippen molar-refractivity contribution in [2.75, 3.05) is 19.6 Å². The Kier molecular flexibility index (Phi) is 3.63. The van der Waals surface area contributed by atoms with Gasteiger partial charge in [0.15, 0.2) is 0 Å². The molecule has 4 N–H and O–H groups in total. The Balaban J connectivity index is 1.83. The SMILES string of the molecule is NC(CC1CCNC1=O)C(O)C(=O)N1CCC1. The predicted molar refractivity (Wildman–Crippen MR) is 60.9 cm³/mol. The molecule has 0 saturated carbocycles. The second-order valence-electron chi connectivity index (χ2n) is 4.80. The van der Waals surface area contributed by atoms with Crippen LogP contribution in [-0.4, -0.2) is 53.6 Å². The number of nitrogens with zero attached hydrogens (tertiary/aromatic N) is 1. The zero-order valence-electron chi connectivity index (χ0n) is 9.76. The van der Waals surface area contributed by atoms with Crippen molar-refractivity contribution in [3.8, 4) is 0 Å². The van der Waals surface area contributed by atoms with Gasteiger partial charge >= 0.3 is 0 Å². The van der Waals surface area contributed by atoms with Crippen LogP contribution in [0.2, 0.25) is 0 Å². The molecule has 6 heteroatoms. The molecule has 0 aromatic rings. The lowest BCUT2D eigenvalue weighted by atomic mass is 9.95. The van der Waals surface area contributed by atoms with Crippen LogP contribution in [-0.2, 0) is 9.59 Å². The topological polar surface area (TPSA) is 95.7 Å². The lowest BCUT2D eigenvalue weighted by molar-refractivity contribution is -0.145. The molecule has 3 unspecified atom stereocenters. The number of hydrogen-bond acceptors (Lipinski definition) is 4. The monoisotopic (exact) mass is 241 g/mol. The Hall–Kier alpha value is -1.14. The molecule has 3 atom stereocenters. The van der Waals surface area contributed by atoms with Gasteiger partial charge in [0.2, 0.25) is 5.91 Å². The lowest BCUT2D eigenvalue weighted by Gasteiger charge is -2.34. The van der Waals surface area contributed by atoms with E-state index < -0.39 is 12.1 Å². The zero-order valence-corrected chi connectivity index (χ0v) is 9.76. The smallest absolute Gasteiger partial charge is 0.253 e. The molecular weight excluding hydrogens is 222 g/mol. The average Bonchev–Trinajstić information content (AvgIpc) is 2.60. The number of nitrogens with two attached hydrogens (primary N) is 1. The Bertz CT molecular complexity index is 317. The molecule has 96 valence electrons. The van der Waals surface area contributed by atoms with Gasteiger partial charge in [0.1, 0.15) is 6.10 Å². The maximum Gasteiger partial charge on any atom is 0.253 e. The van der Waals surface area contributed by atoms with Crippen LogP contribution in [0.25, 0.3) is 0 Å². The molecule has 0 aromatic heterocycles. The average molecular weight is 241 g/mol. The van der Waals surface area contributed by atoms with Crippen molar-refractivity contribution in [3.05, 3.63) is 0 Å². The number of carbonyl (C=O) groups is 2. The Morgan fingerprint density at radius 3 is 2.76 bits per heavy atom. The summed E-state index contributed by atoms with van der Waals surface area (Å²) in [5.41, 5.74) is 5.80. The lowest BCUT2D eigenvalue weighted by Crippen LogP contribution is -2.53. The summed E-state index contributed by atoms with van der Waals surface area (Å²) in [5, 5.41) is 12.5. The first-order chi connectivity index (χ1) is 8.09. The highest BCUT2D eigenvalue weighted by Crippen LogP contribution is 2.18. The number of hydrogen-bond donors (Lipinski definition) is 3. The number of nitrogens with one attached hydrogen (secondary N) is 1. The molecule has 0 spiro atoms. The molecule has 2 heterocycles. The van der Waals surface area contributed by atoms with Crippen molar-refractivity contribution < 1.29 is 14.7 Å². The molecule has 2 aliphatic rings. The van der Waals surface area contributed by atoms with Crippen molar-refractivity contribution in [2.24, 2.45) is 11.7 Å². The second-order valence-corrected chi connectivity index (χ2v) is 4.80. The molecule has 0 aromatic carbocycles. The van der Waals surface area contributed by atoms with Gasteiger partial charge in [-0.2, -0.15) is 0 Å². The number of aliphatic hydroxyl groups excluding tert-OH is 1. The molecule has 0 bridgehead atoms. The van der Waals surface area contributed by atoms with Gasteiger partial charge in [0.05, 0.1) is 0 Å². The summed E-state index contributed by atoms with van der Waals surface area (Å²) >= 11 is 0. The quantitative estimate of drug-likeness (QED) is 0.554. The van der Waals surface area contributed by atoms with Gasteiger partial charge in [-0.3, -0.25) is 9.59 Å². The molecule has 17 heavy (non-hydrogen) atoms. The maximum atomic E-state index is 11.7. The van der Waals surface area contributed by atoms with Crippen LogP contribution in [0.3, 0.4) is 0 Å². The minimum atomic E-state index is -1.18. The standard InChI is InChI=1S/C11H19N3O3/c12-8(6-7-2-3-13-10(7)16)9(15)11(17)14-4-1-5-14/h7-9,15H,1-6,12H2,(H,13,16). The Morgan fingerprint density at radius 1 is 1.59 bits per heavy atom. The van der Waals surface area contributed by atoms with E-state index in [0.29, 0.717) is 26.1 Å². The molecule has 2 rings (SSSR count). The van der Waals surface area contributed by atoms with Crippen molar-refractivity contribution in [3.63, 3.8) is 0 Å². The molecule has 2 amide bonds. The highest BCUT2D eigenvalue weighted by molar-refractivity contribution is 5.83. The highest BCUT2D eigenvalue weighted by atomic mass is 16.3. The highest BCUT2D eigenvalue weighted by Gasteiger charge is 2.34. The van der Waals surface area contributed by atoms with Gasteiger partial charge in [-0.1, -0.05) is 0 Å². The van der Waals surface area contributed by atoms with E-state index >= 15 is 0 Å². The Morgan fingerprint density at radius 2 is 2.29 bits per heavy atom. The molecule has 0 aliphatic carbocycles. The summed E-state index contributed by atoms with van der Waals surface area (Å²) in [6, 6.07) is -0.656. The Labute approximate surface area is 100 Å². The summed E-state index contributed by atoms with van der Waals surface area (Å²) in [6.07, 6.45) is 0.909. The summed E-state index contributed by atoms with van der Waals surface area (Å²) < 4.78 is 0. The summed E-state index contributed by atoms with van der Waals surface area (Å²) in [7, 11) is 0. The number of amides is 2. The molecule has 2 saturated heterocycles. The van der Waals surface area contributed by atoms with Crippen molar-refractivity contribution in [1.29, 1.82) is 0 Å². The third-order valence-corrected chi connectivity index (χ3v) is 3.55. The first-order valence-corrected chi connectivity index (χ1v) is 6.09. The summed E-state index contributed by atoms with van der Waals surface area (Å²) in [5.74, 6) is -0.491. The number of carbonyl (C=O) groups excluding carboxylic acids is 2. The fourth-order valence-corrected chi connectivity index (χ4v) is 2.23. The van der Waals surface area contributed by atoms with E-state index in [1.807, 2.05) is 0 Å². The third-order valence-electron chi connectivity index (χ3n) is 3.55. The molecular formula is C11H19N3O3. The third kappa shape index (κ3) is 2.58. The summed E-state index contributed by atoms with van der Waals surface area (Å²) in [6.45, 7) is 2.06. The normalized spacial score (nSPS) is 27.3. The van der Waals surface area contributed by atoms with Crippen LogP contribution in [0.5, 0.6) is 0 Å². The van der Waals surface area contributed by atoms with Crippen LogP contribution in [0.1, 0.15) is 19.3 Å². The zero-order chi connectivity index (χ0) is 12.4. The van der Waals surface area contributed by atoms with Gasteiger partial charge in [0.25, 0.3) is 5.91 Å². The van der Waals surface area contributed by atoms with Gasteiger partial charge < -0.3 is 21.1 Å².